The molecule has 0 radical (unpaired) electrons. The van der Waals surface area contributed by atoms with E-state index in [4.69, 9.17) is 5.11 Å². The first-order chi connectivity index (χ1) is 4.04. The van der Waals surface area contributed by atoms with Gasteiger partial charge in [0.1, 0.15) is 0 Å². The number of nitrogens with two attached hydrogens (primary N) is 1. The van der Waals surface area contributed by atoms with Gasteiger partial charge in [-0.2, -0.15) is 0 Å². The van der Waals surface area contributed by atoms with Crippen LogP contribution in [0, 0.1) is 10.1 Å². The average molecular weight is 136 g/mol. The first-order valence-corrected chi connectivity index (χ1v) is 1.83. The quantitative estimate of drug-likeness (QED) is 0.279. The van der Waals surface area contributed by atoms with Crippen LogP contribution in [0.1, 0.15) is 0 Å². The fourth-order valence-electron chi connectivity index (χ4n) is 0.138. The Labute approximate surface area is 49.1 Å². The van der Waals surface area contributed by atoms with Crippen LogP contribution in [-0.4, -0.2) is 22.4 Å². The van der Waals surface area contributed by atoms with Gasteiger partial charge in [0.25, 0.3) is 11.3 Å². The molecule has 1 unspecified atom stereocenters. The molecule has 0 aromatic carbocycles. The van der Waals surface area contributed by atoms with Gasteiger partial charge in [0, 0.05) is 0 Å². The summed E-state index contributed by atoms with van der Waals surface area (Å²) in [7, 11) is 0. The first kappa shape index (κ1) is 7.63. The lowest BCUT2D eigenvalue weighted by atomic mass is 10.6. The van der Waals surface area contributed by atoms with Crippen molar-refractivity contribution in [3.05, 3.63) is 10.1 Å². The van der Waals surface area contributed by atoms with Crippen molar-refractivity contribution < 1.29 is 19.8 Å². The molecular formula is C2H4N2O5. The van der Waals surface area contributed by atoms with Crippen LogP contribution in [0.2, 0.25) is 0 Å². The summed E-state index contributed by atoms with van der Waals surface area (Å²) in [4.78, 5) is 22.4. The molecule has 0 aliphatic heterocycles. The van der Waals surface area contributed by atoms with Crippen molar-refractivity contribution in [3.8, 4) is 0 Å². The molecule has 9 heavy (non-hydrogen) atoms. The van der Waals surface area contributed by atoms with Gasteiger partial charge in [-0.05, 0) is 0 Å². The van der Waals surface area contributed by atoms with Gasteiger partial charge in [-0.3, -0.25) is 10.6 Å². The largest absolute Gasteiger partial charge is 0.479 e. The minimum Gasteiger partial charge on any atom is -0.479 e. The van der Waals surface area contributed by atoms with Crippen LogP contribution in [0.5, 0.6) is 0 Å². The van der Waals surface area contributed by atoms with E-state index in [0.717, 1.165) is 0 Å². The van der Waals surface area contributed by atoms with Crippen molar-refractivity contribution in [2.24, 2.45) is 5.73 Å². The van der Waals surface area contributed by atoms with Crippen molar-refractivity contribution in [2.75, 3.05) is 0 Å². The maximum absolute atomic E-state index is 9.68. The SMILES string of the molecule is NC(O[N+](=O)[O-])C(=O)O. The maximum Gasteiger partial charge on any atom is 0.347 e. The monoisotopic (exact) mass is 136 g/mol. The van der Waals surface area contributed by atoms with Crippen LogP contribution in [-0.2, 0) is 9.63 Å². The molecule has 7 nitrogen and oxygen atoms in total. The van der Waals surface area contributed by atoms with E-state index >= 15 is 0 Å². The summed E-state index contributed by atoms with van der Waals surface area (Å²) in [5, 5.41) is 16.0. The van der Waals surface area contributed by atoms with Gasteiger partial charge in [-0.15, -0.1) is 10.1 Å². The van der Waals surface area contributed by atoms with Crippen molar-refractivity contribution >= 4 is 5.97 Å². The number of hydrogen-bond acceptors (Lipinski definition) is 5. The summed E-state index contributed by atoms with van der Waals surface area (Å²) in [6.07, 6.45) is -1.89. The summed E-state index contributed by atoms with van der Waals surface area (Å²) in [5.74, 6) is -1.58. The van der Waals surface area contributed by atoms with E-state index in [1.165, 1.54) is 0 Å². The lowest BCUT2D eigenvalue weighted by molar-refractivity contribution is -0.764. The summed E-state index contributed by atoms with van der Waals surface area (Å²) in [5.41, 5.74) is 4.55. The van der Waals surface area contributed by atoms with Crippen molar-refractivity contribution in [3.63, 3.8) is 0 Å². The van der Waals surface area contributed by atoms with Crippen LogP contribution >= 0.6 is 0 Å². The highest BCUT2D eigenvalue weighted by Gasteiger charge is 2.14. The first-order valence-electron chi connectivity index (χ1n) is 1.83. The smallest absolute Gasteiger partial charge is 0.347 e. The van der Waals surface area contributed by atoms with Crippen LogP contribution in [0.25, 0.3) is 0 Å². The molecule has 0 aromatic rings. The molecular weight excluding hydrogens is 132 g/mol. The molecule has 0 saturated heterocycles. The minimum absolute atomic E-state index is 1.27. The van der Waals surface area contributed by atoms with E-state index in [1.807, 2.05) is 0 Å². The molecule has 0 spiro atoms. The number of carboxylic acids is 1. The van der Waals surface area contributed by atoms with Gasteiger partial charge in [0.05, 0.1) is 0 Å². The molecule has 0 aliphatic rings. The second kappa shape index (κ2) is 2.82. The number of hydrogen-bond donors (Lipinski definition) is 2. The molecule has 7 heteroatoms. The van der Waals surface area contributed by atoms with Gasteiger partial charge >= 0.3 is 5.97 Å². The highest BCUT2D eigenvalue weighted by atomic mass is 17.0. The van der Waals surface area contributed by atoms with Crippen molar-refractivity contribution in [1.82, 2.24) is 0 Å². The average Bonchev–Trinajstić information content (AvgIpc) is 1.63. The number of carbonyl (C=O) groups is 1. The van der Waals surface area contributed by atoms with Gasteiger partial charge in [-0.25, -0.2) is 4.79 Å². The number of aliphatic carboxylic acids is 1. The second-order valence-electron chi connectivity index (χ2n) is 1.09. The highest BCUT2D eigenvalue weighted by Crippen LogP contribution is 1.81. The predicted octanol–water partition coefficient (Wildman–Crippen LogP) is -1.44. The number of rotatable bonds is 3. The molecule has 0 aromatic heterocycles. The van der Waals surface area contributed by atoms with Crippen LogP contribution < -0.4 is 5.73 Å². The van der Waals surface area contributed by atoms with E-state index in [1.54, 1.807) is 0 Å². The third-order valence-corrected chi connectivity index (χ3v) is 0.443. The third-order valence-electron chi connectivity index (χ3n) is 0.443. The Balaban J connectivity index is 3.63. The Morgan fingerprint density at radius 3 is 2.44 bits per heavy atom. The molecule has 0 fully saturated rings. The Bertz CT molecular complexity index is 133. The van der Waals surface area contributed by atoms with E-state index in [9.17, 15) is 14.9 Å². The Hall–Kier alpha value is -1.37. The molecule has 0 rings (SSSR count). The highest BCUT2D eigenvalue weighted by molar-refractivity contribution is 5.71. The summed E-state index contributed by atoms with van der Waals surface area (Å²) < 4.78 is 0. The third kappa shape index (κ3) is 3.23. The molecule has 52 valence electrons. The summed E-state index contributed by atoms with van der Waals surface area (Å²) in [6, 6.07) is 0. The summed E-state index contributed by atoms with van der Waals surface area (Å²) in [6.45, 7) is 0. The molecule has 1 atom stereocenters. The van der Waals surface area contributed by atoms with Gasteiger partial charge < -0.3 is 5.11 Å². The van der Waals surface area contributed by atoms with Gasteiger partial charge in [-0.1, -0.05) is 0 Å². The summed E-state index contributed by atoms with van der Waals surface area (Å²) >= 11 is 0. The van der Waals surface area contributed by atoms with E-state index in [-0.39, 0.29) is 0 Å². The minimum atomic E-state index is -1.89. The zero-order valence-electron chi connectivity index (χ0n) is 4.18. The van der Waals surface area contributed by atoms with Crippen LogP contribution in [0.4, 0.5) is 0 Å². The van der Waals surface area contributed by atoms with Crippen molar-refractivity contribution in [1.29, 1.82) is 0 Å². The van der Waals surface area contributed by atoms with Crippen LogP contribution in [0.15, 0.2) is 0 Å². The van der Waals surface area contributed by atoms with Crippen LogP contribution in [0.3, 0.4) is 0 Å². The Morgan fingerprint density at radius 2 is 2.33 bits per heavy atom. The normalized spacial score (nSPS) is 12.1. The van der Waals surface area contributed by atoms with Gasteiger partial charge in [0.15, 0.2) is 0 Å². The molecule has 0 aliphatic carbocycles. The predicted molar refractivity (Wildman–Crippen MR) is 23.7 cm³/mol. The van der Waals surface area contributed by atoms with E-state index < -0.39 is 17.3 Å². The lowest BCUT2D eigenvalue weighted by Gasteiger charge is -2.00. The number of carboxylic acid groups (broad SMARTS) is 1. The zero-order chi connectivity index (χ0) is 7.44. The number of nitrogens with zero attached hydrogens (tertiary/aromatic N) is 1. The van der Waals surface area contributed by atoms with Gasteiger partial charge in [0.2, 0.25) is 0 Å². The molecule has 0 heterocycles. The van der Waals surface area contributed by atoms with E-state index in [2.05, 4.69) is 10.6 Å². The molecule has 0 amide bonds. The zero-order valence-corrected chi connectivity index (χ0v) is 4.18. The molecule has 0 saturated carbocycles. The molecule has 0 bridgehead atoms. The fraction of sp³-hybridized carbons (Fsp3) is 0.500. The van der Waals surface area contributed by atoms with Crippen molar-refractivity contribution in [2.45, 2.75) is 6.23 Å². The van der Waals surface area contributed by atoms with E-state index in [0.29, 0.717) is 0 Å². The standard InChI is InChI=1S/C2H4N2O5/c3-1(2(5)6)9-4(7)8/h1H,3H2,(H,5,6). The molecule has 3 N–H and O–H groups in total. The Kier molecular flexibility index (Phi) is 2.39. The Morgan fingerprint density at radius 1 is 1.89 bits per heavy atom. The fourth-order valence-corrected chi connectivity index (χ4v) is 0.138. The topological polar surface area (TPSA) is 116 Å². The maximum atomic E-state index is 9.68. The second-order valence-corrected chi connectivity index (χ2v) is 1.09. The lowest BCUT2D eigenvalue weighted by Crippen LogP contribution is -2.34.